The first-order valence-corrected chi connectivity index (χ1v) is 7.49. The minimum absolute atomic E-state index is 0.0181. The maximum Gasteiger partial charge on any atom is 0.471 e. The van der Waals surface area contributed by atoms with Crippen molar-refractivity contribution in [1.29, 1.82) is 0 Å². The molecule has 0 bridgehead atoms. The van der Waals surface area contributed by atoms with Crippen LogP contribution in [0.2, 0.25) is 0 Å². The zero-order chi connectivity index (χ0) is 18.4. The van der Waals surface area contributed by atoms with Crippen LogP contribution in [0.4, 0.5) is 13.2 Å². The van der Waals surface area contributed by atoms with Crippen molar-refractivity contribution < 1.29 is 27.3 Å². The average Bonchev–Trinajstić information content (AvgIpc) is 3.07. The molecule has 1 heterocycles. The summed E-state index contributed by atoms with van der Waals surface area (Å²) in [5.74, 6) is -1.98. The van der Waals surface area contributed by atoms with Gasteiger partial charge in [-0.25, -0.2) is 0 Å². The molecule has 134 valence electrons. The van der Waals surface area contributed by atoms with Gasteiger partial charge in [-0.05, 0) is 0 Å². The van der Waals surface area contributed by atoms with Gasteiger partial charge in [-0.1, -0.05) is 35.5 Å². The Hall–Kier alpha value is -2.71. The van der Waals surface area contributed by atoms with Gasteiger partial charge in [0.1, 0.15) is 0 Å². The molecule has 0 fully saturated rings. The van der Waals surface area contributed by atoms with Gasteiger partial charge in [0.05, 0.1) is 0 Å². The number of halogens is 3. The summed E-state index contributed by atoms with van der Waals surface area (Å²) in [5, 5.41) is 3.23. The Morgan fingerprint density at radius 2 is 1.84 bits per heavy atom. The predicted octanol–water partition coefficient (Wildman–Crippen LogP) is 2.75. The number of hydrogen-bond acceptors (Lipinski definition) is 5. The van der Waals surface area contributed by atoms with Crippen LogP contribution in [0.3, 0.4) is 0 Å². The zero-order valence-electron chi connectivity index (χ0n) is 13.4. The highest BCUT2D eigenvalue weighted by Crippen LogP contribution is 2.27. The van der Waals surface area contributed by atoms with E-state index in [4.69, 9.17) is 0 Å². The van der Waals surface area contributed by atoms with Crippen LogP contribution in [0.5, 0.6) is 0 Å². The number of likely N-dealkylation sites (N-methyl/N-ethyl adjacent to an activating group) is 1. The summed E-state index contributed by atoms with van der Waals surface area (Å²) in [6, 6.07) is 8.61. The maximum absolute atomic E-state index is 12.4. The van der Waals surface area contributed by atoms with E-state index in [0.717, 1.165) is 0 Å². The van der Waals surface area contributed by atoms with Crippen molar-refractivity contribution in [3.63, 3.8) is 0 Å². The fourth-order valence-electron chi connectivity index (χ4n) is 2.04. The largest absolute Gasteiger partial charge is 0.471 e. The molecule has 0 saturated carbocycles. The normalized spacial score (nSPS) is 11.4. The van der Waals surface area contributed by atoms with E-state index in [9.17, 15) is 22.8 Å². The van der Waals surface area contributed by atoms with Crippen LogP contribution >= 0.6 is 0 Å². The van der Waals surface area contributed by atoms with Gasteiger partial charge < -0.3 is 9.42 Å². The van der Waals surface area contributed by atoms with Crippen molar-refractivity contribution in [3.05, 3.63) is 47.6 Å². The third-order valence-corrected chi connectivity index (χ3v) is 3.47. The van der Waals surface area contributed by atoms with Crippen molar-refractivity contribution in [2.24, 2.45) is 0 Å². The number of benzene rings is 1. The standard InChI is InChI=1S/C16H16F3N3O3/c1-22(10-9-13-20-15(25-21-13)16(17,18)19)14(24)8-7-12(23)11-5-3-2-4-6-11/h2-6H,7-10H2,1H3. The highest BCUT2D eigenvalue weighted by atomic mass is 19.4. The van der Waals surface area contributed by atoms with E-state index >= 15 is 0 Å². The van der Waals surface area contributed by atoms with Crippen molar-refractivity contribution >= 4 is 11.7 Å². The fourth-order valence-corrected chi connectivity index (χ4v) is 2.04. The predicted molar refractivity (Wildman–Crippen MR) is 80.6 cm³/mol. The van der Waals surface area contributed by atoms with Gasteiger partial charge in [-0.15, -0.1) is 0 Å². The molecule has 0 aliphatic carbocycles. The van der Waals surface area contributed by atoms with Crippen molar-refractivity contribution in [2.45, 2.75) is 25.4 Å². The van der Waals surface area contributed by atoms with Crippen LogP contribution in [0.25, 0.3) is 0 Å². The topological polar surface area (TPSA) is 76.3 Å². The molecule has 25 heavy (non-hydrogen) atoms. The SMILES string of the molecule is CN(CCc1noc(C(F)(F)F)n1)C(=O)CCC(=O)c1ccccc1. The van der Waals surface area contributed by atoms with E-state index < -0.39 is 12.1 Å². The number of amides is 1. The van der Waals surface area contributed by atoms with Crippen LogP contribution in [-0.4, -0.2) is 40.3 Å². The summed E-state index contributed by atoms with van der Waals surface area (Å²) in [6.45, 7) is 0.120. The molecule has 1 amide bonds. The van der Waals surface area contributed by atoms with E-state index in [2.05, 4.69) is 14.7 Å². The van der Waals surface area contributed by atoms with Crippen molar-refractivity contribution in [1.82, 2.24) is 15.0 Å². The number of hydrogen-bond donors (Lipinski definition) is 0. The number of rotatable bonds is 7. The second-order valence-electron chi connectivity index (χ2n) is 5.37. The summed E-state index contributed by atoms with van der Waals surface area (Å²) in [5.41, 5.74) is 0.532. The smallest absolute Gasteiger partial charge is 0.345 e. The minimum atomic E-state index is -4.69. The molecule has 1 aromatic carbocycles. The first-order valence-electron chi connectivity index (χ1n) is 7.49. The number of carbonyl (C=O) groups excluding carboxylic acids is 2. The van der Waals surface area contributed by atoms with E-state index in [1.54, 1.807) is 30.3 Å². The zero-order valence-corrected chi connectivity index (χ0v) is 13.4. The molecule has 6 nitrogen and oxygen atoms in total. The summed E-state index contributed by atoms with van der Waals surface area (Å²) in [6.07, 6.45) is -4.59. The number of alkyl halides is 3. The van der Waals surface area contributed by atoms with E-state index in [0.29, 0.717) is 5.56 Å². The van der Waals surface area contributed by atoms with Crippen LogP contribution in [0, 0.1) is 0 Å². The maximum atomic E-state index is 12.4. The monoisotopic (exact) mass is 355 g/mol. The third kappa shape index (κ3) is 5.40. The van der Waals surface area contributed by atoms with Gasteiger partial charge in [-0.2, -0.15) is 18.2 Å². The van der Waals surface area contributed by atoms with Crippen LogP contribution in [0.15, 0.2) is 34.9 Å². The number of Topliss-reactive ketones (excluding diaryl/α,β-unsaturated/α-hetero) is 1. The van der Waals surface area contributed by atoms with Crippen LogP contribution in [-0.2, 0) is 17.4 Å². The summed E-state index contributed by atoms with van der Waals surface area (Å²) >= 11 is 0. The van der Waals surface area contributed by atoms with Crippen LogP contribution < -0.4 is 0 Å². The molecule has 2 rings (SSSR count). The molecule has 9 heteroatoms. The first kappa shape index (κ1) is 18.6. The van der Waals surface area contributed by atoms with Crippen molar-refractivity contribution in [3.8, 4) is 0 Å². The van der Waals surface area contributed by atoms with Crippen molar-refractivity contribution in [2.75, 3.05) is 13.6 Å². The lowest BCUT2D eigenvalue weighted by molar-refractivity contribution is -0.159. The van der Waals surface area contributed by atoms with Gasteiger partial charge in [-0.3, -0.25) is 9.59 Å². The Morgan fingerprint density at radius 3 is 2.44 bits per heavy atom. The molecule has 1 aromatic heterocycles. The minimum Gasteiger partial charge on any atom is -0.345 e. The molecular weight excluding hydrogens is 339 g/mol. The Labute approximate surface area is 141 Å². The van der Waals surface area contributed by atoms with E-state index in [1.807, 2.05) is 0 Å². The summed E-state index contributed by atoms with van der Waals surface area (Å²) < 4.78 is 41.2. The number of nitrogens with zero attached hydrogens (tertiary/aromatic N) is 3. The first-order chi connectivity index (χ1) is 11.8. The van der Waals surface area contributed by atoms with Gasteiger partial charge in [0.2, 0.25) is 5.91 Å². The quantitative estimate of drug-likeness (QED) is 0.714. The second kappa shape index (κ2) is 7.91. The number of aromatic nitrogens is 2. The van der Waals surface area contributed by atoms with Gasteiger partial charge in [0.25, 0.3) is 0 Å². The van der Waals surface area contributed by atoms with E-state index in [1.165, 1.54) is 11.9 Å². The molecule has 0 N–H and O–H groups in total. The molecule has 2 aromatic rings. The molecule has 0 unspecified atom stereocenters. The van der Waals surface area contributed by atoms with Gasteiger partial charge in [0.15, 0.2) is 11.6 Å². The highest BCUT2D eigenvalue weighted by Gasteiger charge is 2.38. The number of carbonyl (C=O) groups is 2. The van der Waals surface area contributed by atoms with E-state index in [-0.39, 0.29) is 43.3 Å². The van der Waals surface area contributed by atoms with Gasteiger partial charge >= 0.3 is 12.1 Å². The lowest BCUT2D eigenvalue weighted by Gasteiger charge is -2.15. The lowest BCUT2D eigenvalue weighted by atomic mass is 10.1. The molecular formula is C16H16F3N3O3. The molecule has 0 radical (unpaired) electrons. The molecule has 0 aliphatic rings. The Morgan fingerprint density at radius 1 is 1.16 bits per heavy atom. The second-order valence-corrected chi connectivity index (χ2v) is 5.37. The average molecular weight is 355 g/mol. The Bertz CT molecular complexity index is 729. The number of ketones is 1. The molecule has 0 spiro atoms. The Balaban J connectivity index is 1.78. The summed E-state index contributed by atoms with van der Waals surface area (Å²) in [4.78, 5) is 28.5. The molecule has 0 atom stereocenters. The molecule has 0 aliphatic heterocycles. The third-order valence-electron chi connectivity index (χ3n) is 3.47. The highest BCUT2D eigenvalue weighted by molar-refractivity contribution is 5.97. The van der Waals surface area contributed by atoms with Gasteiger partial charge in [0, 0.05) is 38.4 Å². The Kier molecular flexibility index (Phi) is 5.89. The molecule has 0 saturated heterocycles. The van der Waals surface area contributed by atoms with Crippen LogP contribution in [0.1, 0.15) is 34.9 Å². The lowest BCUT2D eigenvalue weighted by Crippen LogP contribution is -2.29. The summed E-state index contributed by atoms with van der Waals surface area (Å²) in [7, 11) is 1.50. The fraction of sp³-hybridized carbons (Fsp3) is 0.375.